The van der Waals surface area contributed by atoms with Crippen LogP contribution in [0.3, 0.4) is 0 Å². The number of hydrogen-bond acceptors (Lipinski definition) is 4. The highest BCUT2D eigenvalue weighted by Gasteiger charge is 2.10. The molecule has 6 heteroatoms. The second-order valence-electron chi connectivity index (χ2n) is 3.90. The molecular weight excluding hydrogens is 273 g/mol. The lowest BCUT2D eigenvalue weighted by atomic mass is 10.2. The summed E-state index contributed by atoms with van der Waals surface area (Å²) in [7, 11) is 1.89. The fourth-order valence-corrected chi connectivity index (χ4v) is 1.93. The fraction of sp³-hybridized carbons (Fsp3) is 0.333. The number of aryl methyl sites for hydroxylation is 1. The first-order valence-corrected chi connectivity index (χ1v) is 6.44. The van der Waals surface area contributed by atoms with Crippen LogP contribution in [0.4, 0.5) is 6.01 Å². The average molecular weight is 286 g/mol. The van der Waals surface area contributed by atoms with Gasteiger partial charge in [0, 0.05) is 30.9 Å². The van der Waals surface area contributed by atoms with Crippen LogP contribution in [-0.4, -0.2) is 23.1 Å². The lowest BCUT2D eigenvalue weighted by Gasteiger charge is -2.13. The third-order valence-electron chi connectivity index (χ3n) is 2.40. The van der Waals surface area contributed by atoms with Gasteiger partial charge in [-0.15, -0.1) is 16.7 Å². The highest BCUT2D eigenvalue weighted by molar-refractivity contribution is 6.30. The zero-order chi connectivity index (χ0) is 13.0. The normalized spacial score (nSPS) is 10.6. The maximum Gasteiger partial charge on any atom is 0.318 e. The molecule has 0 unspecified atom stereocenters. The summed E-state index contributed by atoms with van der Waals surface area (Å²) in [6, 6.07) is 8.15. The van der Waals surface area contributed by atoms with Gasteiger partial charge in [0.1, 0.15) is 0 Å². The molecule has 0 amide bonds. The van der Waals surface area contributed by atoms with Crippen LogP contribution in [0.2, 0.25) is 5.02 Å². The molecule has 2 aromatic rings. The Balaban J connectivity index is 2.04. The van der Waals surface area contributed by atoms with Crippen molar-refractivity contribution in [3.8, 4) is 0 Å². The smallest absolute Gasteiger partial charge is 0.318 e. The van der Waals surface area contributed by atoms with Gasteiger partial charge in [0.15, 0.2) is 0 Å². The van der Waals surface area contributed by atoms with Gasteiger partial charge in [-0.2, -0.15) is 0 Å². The Labute approximate surface area is 116 Å². The van der Waals surface area contributed by atoms with Crippen molar-refractivity contribution >= 4 is 29.2 Å². The van der Waals surface area contributed by atoms with E-state index < -0.39 is 0 Å². The van der Waals surface area contributed by atoms with Crippen molar-refractivity contribution in [1.82, 2.24) is 10.2 Å². The second-order valence-corrected chi connectivity index (χ2v) is 4.72. The number of halogens is 2. The van der Waals surface area contributed by atoms with Crippen LogP contribution in [0.25, 0.3) is 0 Å². The standard InChI is InChI=1S/C12H13Cl2N3O/c1-17(8-9-3-2-4-10(14)7-9)12-16-15-11(18-12)5-6-13/h2-4,7H,5-6,8H2,1H3. The first-order valence-electron chi connectivity index (χ1n) is 5.53. The Hall–Kier alpha value is -1.26. The molecule has 1 aromatic carbocycles. The van der Waals surface area contributed by atoms with E-state index in [4.69, 9.17) is 27.6 Å². The number of benzene rings is 1. The number of hydrogen-bond donors (Lipinski definition) is 0. The summed E-state index contributed by atoms with van der Waals surface area (Å²) in [5.74, 6) is 1.03. The topological polar surface area (TPSA) is 42.2 Å². The summed E-state index contributed by atoms with van der Waals surface area (Å²) < 4.78 is 5.47. The van der Waals surface area contributed by atoms with Gasteiger partial charge in [-0.1, -0.05) is 28.8 Å². The summed E-state index contributed by atoms with van der Waals surface area (Å²) in [5.41, 5.74) is 1.09. The monoisotopic (exact) mass is 285 g/mol. The minimum Gasteiger partial charge on any atom is -0.408 e. The number of rotatable bonds is 5. The molecule has 0 aliphatic heterocycles. The number of nitrogens with zero attached hydrogens (tertiary/aromatic N) is 3. The van der Waals surface area contributed by atoms with Crippen LogP contribution in [0.5, 0.6) is 0 Å². The molecule has 0 aliphatic rings. The molecule has 18 heavy (non-hydrogen) atoms. The van der Waals surface area contributed by atoms with Crippen molar-refractivity contribution in [3.63, 3.8) is 0 Å². The molecule has 0 bridgehead atoms. The fourth-order valence-electron chi connectivity index (χ4n) is 1.56. The van der Waals surface area contributed by atoms with E-state index in [-0.39, 0.29) is 0 Å². The molecule has 0 spiro atoms. The van der Waals surface area contributed by atoms with Crippen LogP contribution in [-0.2, 0) is 13.0 Å². The van der Waals surface area contributed by atoms with Crippen molar-refractivity contribution < 1.29 is 4.42 Å². The Morgan fingerprint density at radius 2 is 2.17 bits per heavy atom. The number of aromatic nitrogens is 2. The Bertz CT molecular complexity index is 516. The quantitative estimate of drug-likeness (QED) is 0.792. The van der Waals surface area contributed by atoms with Crippen molar-refractivity contribution in [2.75, 3.05) is 17.8 Å². The third-order valence-corrected chi connectivity index (χ3v) is 2.82. The Morgan fingerprint density at radius 3 is 2.89 bits per heavy atom. The SMILES string of the molecule is CN(Cc1cccc(Cl)c1)c1nnc(CCCl)o1. The number of alkyl halides is 1. The van der Waals surface area contributed by atoms with Gasteiger partial charge in [0.05, 0.1) is 0 Å². The third kappa shape index (κ3) is 3.37. The maximum atomic E-state index is 5.94. The van der Waals surface area contributed by atoms with Gasteiger partial charge >= 0.3 is 6.01 Å². The molecule has 0 aliphatic carbocycles. The minimum absolute atomic E-state index is 0.472. The molecular formula is C12H13Cl2N3O. The van der Waals surface area contributed by atoms with Crippen LogP contribution in [0.1, 0.15) is 11.5 Å². The van der Waals surface area contributed by atoms with Crippen molar-refractivity contribution in [2.24, 2.45) is 0 Å². The average Bonchev–Trinajstić information content (AvgIpc) is 2.78. The van der Waals surface area contributed by atoms with Crippen LogP contribution in [0.15, 0.2) is 28.7 Å². The lowest BCUT2D eigenvalue weighted by Crippen LogP contribution is -2.16. The maximum absolute atomic E-state index is 5.94. The molecule has 0 radical (unpaired) electrons. The zero-order valence-electron chi connectivity index (χ0n) is 9.94. The number of anilines is 1. The zero-order valence-corrected chi connectivity index (χ0v) is 11.4. The molecule has 0 N–H and O–H groups in total. The van der Waals surface area contributed by atoms with E-state index in [2.05, 4.69) is 10.2 Å². The lowest BCUT2D eigenvalue weighted by molar-refractivity contribution is 0.495. The van der Waals surface area contributed by atoms with Crippen molar-refractivity contribution in [1.29, 1.82) is 0 Å². The van der Waals surface area contributed by atoms with E-state index in [1.807, 2.05) is 36.2 Å². The van der Waals surface area contributed by atoms with Gasteiger partial charge in [-0.3, -0.25) is 0 Å². The van der Waals surface area contributed by atoms with E-state index in [0.717, 1.165) is 5.56 Å². The highest BCUT2D eigenvalue weighted by Crippen LogP contribution is 2.16. The molecule has 0 fully saturated rings. The van der Waals surface area contributed by atoms with Gasteiger partial charge in [-0.25, -0.2) is 0 Å². The highest BCUT2D eigenvalue weighted by atomic mass is 35.5. The van der Waals surface area contributed by atoms with E-state index in [0.29, 0.717) is 35.8 Å². The van der Waals surface area contributed by atoms with Crippen LogP contribution >= 0.6 is 23.2 Å². The summed E-state index contributed by atoms with van der Waals surface area (Å²) in [6.45, 7) is 0.656. The second kappa shape index (κ2) is 6.07. The predicted molar refractivity (Wildman–Crippen MR) is 72.3 cm³/mol. The molecule has 0 saturated heterocycles. The molecule has 0 saturated carbocycles. The summed E-state index contributed by atoms with van der Waals surface area (Å²) in [6.07, 6.45) is 0.583. The van der Waals surface area contributed by atoms with Crippen molar-refractivity contribution in [3.05, 3.63) is 40.7 Å². The summed E-state index contributed by atoms with van der Waals surface area (Å²) in [5, 5.41) is 8.61. The Kier molecular flexibility index (Phi) is 4.44. The first kappa shape index (κ1) is 13.2. The molecule has 1 aromatic heterocycles. The van der Waals surface area contributed by atoms with Gasteiger partial charge < -0.3 is 9.32 Å². The van der Waals surface area contributed by atoms with E-state index in [1.165, 1.54) is 0 Å². The first-order chi connectivity index (χ1) is 8.69. The molecule has 96 valence electrons. The van der Waals surface area contributed by atoms with Crippen molar-refractivity contribution in [2.45, 2.75) is 13.0 Å². The minimum atomic E-state index is 0.472. The molecule has 0 atom stereocenters. The Morgan fingerprint density at radius 1 is 1.33 bits per heavy atom. The van der Waals surface area contributed by atoms with Gasteiger partial charge in [0.2, 0.25) is 5.89 Å². The van der Waals surface area contributed by atoms with Gasteiger partial charge in [0.25, 0.3) is 0 Å². The van der Waals surface area contributed by atoms with E-state index in [1.54, 1.807) is 0 Å². The largest absolute Gasteiger partial charge is 0.408 e. The summed E-state index contributed by atoms with van der Waals surface area (Å²) >= 11 is 11.6. The van der Waals surface area contributed by atoms with Gasteiger partial charge in [-0.05, 0) is 17.7 Å². The van der Waals surface area contributed by atoms with E-state index in [9.17, 15) is 0 Å². The molecule has 1 heterocycles. The summed E-state index contributed by atoms with van der Waals surface area (Å²) in [4.78, 5) is 1.87. The molecule has 2 rings (SSSR count). The predicted octanol–water partition coefficient (Wildman–Crippen LogP) is 3.14. The van der Waals surface area contributed by atoms with Crippen LogP contribution < -0.4 is 4.90 Å². The molecule has 4 nitrogen and oxygen atoms in total. The van der Waals surface area contributed by atoms with E-state index >= 15 is 0 Å². The van der Waals surface area contributed by atoms with Crippen LogP contribution in [0, 0.1) is 0 Å².